The number of aromatic nitrogens is 1. The van der Waals surface area contributed by atoms with Crippen molar-refractivity contribution in [1.82, 2.24) is 15.2 Å². The van der Waals surface area contributed by atoms with Gasteiger partial charge in [0.25, 0.3) is 15.9 Å². The number of hydrogen-bond acceptors (Lipinski definition) is 8. The van der Waals surface area contributed by atoms with Crippen molar-refractivity contribution in [3.05, 3.63) is 94.1 Å². The Hall–Kier alpha value is -3.90. The fourth-order valence-corrected chi connectivity index (χ4v) is 6.98. The molecule has 47 heavy (non-hydrogen) atoms. The highest BCUT2D eigenvalue weighted by Crippen LogP contribution is 2.34. The molecule has 1 aromatic heterocycles. The highest BCUT2D eigenvalue weighted by atomic mass is 35.5. The number of pyridine rings is 1. The lowest BCUT2D eigenvalue weighted by atomic mass is 10.0. The van der Waals surface area contributed by atoms with Gasteiger partial charge in [0.2, 0.25) is 0 Å². The van der Waals surface area contributed by atoms with E-state index in [-0.39, 0.29) is 33.1 Å². The number of rotatable bonds is 12. The third-order valence-corrected chi connectivity index (χ3v) is 9.24. The summed E-state index contributed by atoms with van der Waals surface area (Å²) < 4.78 is 34.7. The van der Waals surface area contributed by atoms with Crippen LogP contribution in [0.3, 0.4) is 0 Å². The molecule has 1 N–H and O–H groups in total. The van der Waals surface area contributed by atoms with Gasteiger partial charge in [-0.05, 0) is 88.3 Å². The van der Waals surface area contributed by atoms with Gasteiger partial charge in [0, 0.05) is 53.9 Å². The lowest BCUT2D eigenvalue weighted by molar-refractivity contribution is -0.152. The molecule has 0 radical (unpaired) electrons. The van der Waals surface area contributed by atoms with Crippen LogP contribution in [0.2, 0.25) is 10.0 Å². The van der Waals surface area contributed by atoms with Crippen LogP contribution in [0.1, 0.15) is 36.7 Å². The van der Waals surface area contributed by atoms with Crippen LogP contribution in [-0.4, -0.2) is 76.6 Å². The predicted molar refractivity (Wildman–Crippen MR) is 188 cm³/mol. The van der Waals surface area contributed by atoms with Crippen LogP contribution in [0, 0.1) is 0 Å². The van der Waals surface area contributed by atoms with Crippen molar-refractivity contribution >= 4 is 67.4 Å². The monoisotopic (exact) mass is 699 g/mol. The Kier molecular flexibility index (Phi) is 11.4. The van der Waals surface area contributed by atoms with E-state index in [2.05, 4.69) is 15.2 Å². The van der Waals surface area contributed by atoms with E-state index in [1.54, 1.807) is 63.4 Å². The lowest BCUT2D eigenvalue weighted by Crippen LogP contribution is -2.39. The maximum absolute atomic E-state index is 14.1. The molecule has 1 heterocycles. The van der Waals surface area contributed by atoms with Crippen molar-refractivity contribution in [1.29, 1.82) is 0 Å². The predicted octanol–water partition coefficient (Wildman–Crippen LogP) is 6.01. The highest BCUT2D eigenvalue weighted by molar-refractivity contribution is 7.93. The van der Waals surface area contributed by atoms with E-state index in [4.69, 9.17) is 27.9 Å². The van der Waals surface area contributed by atoms with Gasteiger partial charge in [-0.15, -0.1) is 0 Å². The van der Waals surface area contributed by atoms with Gasteiger partial charge in [0.05, 0.1) is 10.6 Å². The van der Waals surface area contributed by atoms with Gasteiger partial charge in [-0.1, -0.05) is 47.5 Å². The van der Waals surface area contributed by atoms with Crippen molar-refractivity contribution in [2.24, 2.45) is 0 Å². The van der Waals surface area contributed by atoms with E-state index in [0.717, 1.165) is 28.8 Å². The summed E-state index contributed by atoms with van der Waals surface area (Å²) in [6, 6.07) is 17.7. The van der Waals surface area contributed by atoms with Crippen LogP contribution < -0.4 is 14.5 Å². The number of hydrogen-bond donors (Lipinski definition) is 1. The third kappa shape index (κ3) is 9.35. The number of carbonyl (C=O) groups excluding carboxylic acids is 2. The van der Waals surface area contributed by atoms with Gasteiger partial charge in [-0.2, -0.15) is 0 Å². The van der Waals surface area contributed by atoms with Crippen LogP contribution >= 0.6 is 23.2 Å². The minimum atomic E-state index is -4.39. The van der Waals surface area contributed by atoms with Gasteiger partial charge in [-0.3, -0.25) is 13.9 Å². The quantitative estimate of drug-likeness (QED) is 0.179. The van der Waals surface area contributed by atoms with Crippen molar-refractivity contribution in [2.75, 3.05) is 50.0 Å². The summed E-state index contributed by atoms with van der Waals surface area (Å²) >= 11 is 12.3. The summed E-state index contributed by atoms with van der Waals surface area (Å²) in [5, 5.41) is 4.14. The maximum Gasteiger partial charge on any atom is 0.327 e. The van der Waals surface area contributed by atoms with Gasteiger partial charge >= 0.3 is 5.97 Å². The van der Waals surface area contributed by atoms with E-state index in [9.17, 15) is 18.0 Å². The molecule has 0 fully saturated rings. The van der Waals surface area contributed by atoms with E-state index in [1.165, 1.54) is 18.2 Å². The van der Waals surface area contributed by atoms with Crippen LogP contribution in [0.15, 0.2) is 77.8 Å². The first-order valence-electron chi connectivity index (χ1n) is 14.9. The molecule has 0 aliphatic rings. The Balaban J connectivity index is 1.69. The number of fused-ring (bicyclic) bond motifs is 1. The van der Waals surface area contributed by atoms with Crippen molar-refractivity contribution in [3.63, 3.8) is 0 Å². The number of carbonyl (C=O) groups is 2. The topological polar surface area (TPSA) is 112 Å². The molecule has 10 nitrogen and oxygen atoms in total. The van der Waals surface area contributed by atoms with E-state index in [0.29, 0.717) is 16.3 Å². The summed E-state index contributed by atoms with van der Waals surface area (Å²) in [6.07, 6.45) is 1.71. The van der Waals surface area contributed by atoms with Crippen molar-refractivity contribution < 1.29 is 22.7 Å². The Morgan fingerprint density at radius 1 is 0.894 bits per heavy atom. The average Bonchev–Trinajstić information content (AvgIpc) is 2.99. The summed E-state index contributed by atoms with van der Waals surface area (Å²) in [5.74, 6) is -0.319. The largest absolute Gasteiger partial charge is 0.459 e. The minimum absolute atomic E-state index is 0.117. The van der Waals surface area contributed by atoms with Gasteiger partial charge in [-0.25, -0.2) is 13.4 Å². The fraction of sp³-hybridized carbons (Fsp3) is 0.324. The van der Waals surface area contributed by atoms with E-state index >= 15 is 0 Å². The van der Waals surface area contributed by atoms with Gasteiger partial charge in [0.1, 0.15) is 18.0 Å². The Morgan fingerprint density at radius 2 is 1.55 bits per heavy atom. The molecule has 1 amide bonds. The Labute approximate surface area is 286 Å². The Bertz CT molecular complexity index is 1860. The number of amides is 1. The third-order valence-electron chi connectivity index (χ3n) is 7.07. The molecule has 0 spiro atoms. The van der Waals surface area contributed by atoms with E-state index in [1.807, 2.05) is 38.2 Å². The zero-order valence-electron chi connectivity index (χ0n) is 27.3. The number of benzene rings is 3. The zero-order chi connectivity index (χ0) is 34.5. The molecule has 3 aromatic carbocycles. The molecule has 0 saturated carbocycles. The second kappa shape index (κ2) is 14.9. The number of nitrogens with one attached hydrogen (secondary N) is 1. The molecule has 4 aromatic rings. The standard InChI is InChI=1S/C34H39Cl2N5O5S/c1-34(2,3)46-32(42)22-41(47(44,45)26-19-24(35)18-25(36)20-26)30-12-8-9-27-28(30)10-7-11-29(27)33(43)38-21-23-13-14-37-31(17-23)40(6)16-15-39(4)5/h7-14,17-20H,15-16,21-22H2,1-6H3,(H,38,43). The zero-order valence-corrected chi connectivity index (χ0v) is 29.6. The highest BCUT2D eigenvalue weighted by Gasteiger charge is 2.31. The molecule has 0 bridgehead atoms. The molecule has 250 valence electrons. The second-order valence-corrected chi connectivity index (χ2v) is 15.0. The molecular formula is C34H39Cl2N5O5S. The fourth-order valence-electron chi connectivity index (χ4n) is 4.83. The second-order valence-electron chi connectivity index (χ2n) is 12.3. The molecule has 4 rings (SSSR count). The van der Waals surface area contributed by atoms with E-state index < -0.39 is 28.1 Å². The SMILES string of the molecule is CN(C)CCN(C)c1cc(CNC(=O)c2cccc3c(N(CC(=O)OC(C)(C)C)S(=O)(=O)c4cc(Cl)cc(Cl)c4)cccc23)ccn1. The van der Waals surface area contributed by atoms with Gasteiger partial charge < -0.3 is 19.9 Å². The van der Waals surface area contributed by atoms with Crippen LogP contribution in [-0.2, 0) is 26.1 Å². The number of halogens is 2. The number of esters is 1. The number of likely N-dealkylation sites (N-methyl/N-ethyl adjacent to an activating group) is 2. The summed E-state index contributed by atoms with van der Waals surface area (Å²) in [7, 11) is 1.60. The molecule has 13 heteroatoms. The number of ether oxygens (including phenoxy) is 1. The number of sulfonamides is 1. The lowest BCUT2D eigenvalue weighted by Gasteiger charge is -2.27. The number of anilines is 2. The molecule has 0 aliphatic carbocycles. The number of nitrogens with zero attached hydrogens (tertiary/aromatic N) is 4. The molecule has 0 aliphatic heterocycles. The van der Waals surface area contributed by atoms with Crippen molar-refractivity contribution in [2.45, 2.75) is 37.8 Å². The first kappa shape index (κ1) is 35.9. The first-order valence-corrected chi connectivity index (χ1v) is 17.1. The summed E-state index contributed by atoms with van der Waals surface area (Å²) in [4.78, 5) is 35.0. The maximum atomic E-state index is 14.1. The molecule has 0 unspecified atom stereocenters. The summed E-state index contributed by atoms with van der Waals surface area (Å²) in [5.41, 5.74) is 0.532. The minimum Gasteiger partial charge on any atom is -0.459 e. The smallest absolute Gasteiger partial charge is 0.327 e. The Morgan fingerprint density at radius 3 is 2.21 bits per heavy atom. The van der Waals surface area contributed by atoms with Crippen LogP contribution in [0.5, 0.6) is 0 Å². The van der Waals surface area contributed by atoms with Crippen molar-refractivity contribution in [3.8, 4) is 0 Å². The first-order chi connectivity index (χ1) is 22.0. The molecular weight excluding hydrogens is 661 g/mol. The molecule has 0 atom stereocenters. The normalized spacial score (nSPS) is 11.9. The molecule has 0 saturated heterocycles. The summed E-state index contributed by atoms with van der Waals surface area (Å²) in [6.45, 7) is 6.36. The van der Waals surface area contributed by atoms with Crippen LogP contribution in [0.4, 0.5) is 11.5 Å². The van der Waals surface area contributed by atoms with Gasteiger partial charge in [0.15, 0.2) is 0 Å². The van der Waals surface area contributed by atoms with Crippen LogP contribution in [0.25, 0.3) is 10.8 Å². The average molecular weight is 701 g/mol.